The fraction of sp³-hybridized carbons (Fsp3) is 0.562. The molecule has 4 nitrogen and oxygen atoms in total. The number of nitrogens with zero attached hydrogens (tertiary/aromatic N) is 2. The molecule has 0 saturated carbocycles. The molecule has 0 amide bonds. The van der Waals surface area contributed by atoms with Gasteiger partial charge in [0.25, 0.3) is 0 Å². The van der Waals surface area contributed by atoms with E-state index < -0.39 is 0 Å². The predicted octanol–water partition coefficient (Wildman–Crippen LogP) is 2.05. The Morgan fingerprint density at radius 1 is 1.45 bits per heavy atom. The lowest BCUT2D eigenvalue weighted by molar-refractivity contribution is 0.187. The Labute approximate surface area is 120 Å². The number of anilines is 1. The first kappa shape index (κ1) is 13.4. The molecule has 20 heavy (non-hydrogen) atoms. The summed E-state index contributed by atoms with van der Waals surface area (Å²) in [5, 5.41) is 3.42. The van der Waals surface area contributed by atoms with Crippen molar-refractivity contribution in [2.24, 2.45) is 10.9 Å². The molecule has 108 valence electrons. The van der Waals surface area contributed by atoms with Crippen LogP contribution in [0.2, 0.25) is 0 Å². The molecule has 1 atom stereocenters. The highest BCUT2D eigenvalue weighted by Gasteiger charge is 2.23. The van der Waals surface area contributed by atoms with Crippen LogP contribution in [0.3, 0.4) is 0 Å². The Bertz CT molecular complexity index is 480. The molecule has 0 spiro atoms. The quantitative estimate of drug-likeness (QED) is 0.676. The largest absolute Gasteiger partial charge is 0.381 e. The first-order valence-corrected chi connectivity index (χ1v) is 7.60. The van der Waals surface area contributed by atoms with Gasteiger partial charge in [-0.1, -0.05) is 18.2 Å². The molecule has 0 bridgehead atoms. The molecule has 4 heteroatoms. The van der Waals surface area contributed by atoms with Gasteiger partial charge in [0.05, 0.1) is 6.61 Å². The smallest absolute Gasteiger partial charge is 0.198 e. The Morgan fingerprint density at radius 3 is 3.15 bits per heavy atom. The molecule has 1 aromatic carbocycles. The number of ether oxygens (including phenoxy) is 1. The standard InChI is InChI=1S/C16H23N3O/c1-2-17-16(18-11-13-8-10-20-12-13)19-9-7-14-5-3-4-6-15(14)19/h3-6,13H,2,7-12H2,1H3,(H,17,18). The number of nitrogens with one attached hydrogen (secondary N) is 1. The van der Waals surface area contributed by atoms with Crippen molar-refractivity contribution in [3.63, 3.8) is 0 Å². The molecule has 1 unspecified atom stereocenters. The minimum absolute atomic E-state index is 0.585. The number of rotatable bonds is 3. The fourth-order valence-electron chi connectivity index (χ4n) is 2.90. The van der Waals surface area contributed by atoms with Crippen LogP contribution >= 0.6 is 0 Å². The minimum atomic E-state index is 0.585. The molecule has 2 heterocycles. The highest BCUT2D eigenvalue weighted by atomic mass is 16.5. The Hall–Kier alpha value is -1.55. The number of hydrogen-bond donors (Lipinski definition) is 1. The fourth-order valence-corrected chi connectivity index (χ4v) is 2.90. The summed E-state index contributed by atoms with van der Waals surface area (Å²) in [6.45, 7) is 6.66. The molecule has 1 fully saturated rings. The zero-order valence-electron chi connectivity index (χ0n) is 12.1. The Morgan fingerprint density at radius 2 is 2.35 bits per heavy atom. The van der Waals surface area contributed by atoms with E-state index in [1.165, 1.54) is 11.3 Å². The van der Waals surface area contributed by atoms with E-state index in [0.717, 1.165) is 51.6 Å². The lowest BCUT2D eigenvalue weighted by Crippen LogP contribution is -2.41. The molecule has 2 aliphatic rings. The van der Waals surface area contributed by atoms with E-state index in [9.17, 15) is 0 Å². The van der Waals surface area contributed by atoms with Gasteiger partial charge >= 0.3 is 0 Å². The van der Waals surface area contributed by atoms with Crippen molar-refractivity contribution >= 4 is 11.6 Å². The molecule has 0 aromatic heterocycles. The number of aliphatic imine (C=N–C) groups is 1. The maximum Gasteiger partial charge on any atom is 0.198 e. The SMILES string of the molecule is CCNC(=NCC1CCOC1)N1CCc2ccccc21. The van der Waals surface area contributed by atoms with Crippen LogP contribution in [0.15, 0.2) is 29.3 Å². The second-order valence-electron chi connectivity index (χ2n) is 5.45. The van der Waals surface area contributed by atoms with Gasteiger partial charge in [0.2, 0.25) is 0 Å². The van der Waals surface area contributed by atoms with Crippen molar-refractivity contribution in [2.75, 3.05) is 37.7 Å². The Balaban J connectivity index is 1.75. The molecular weight excluding hydrogens is 250 g/mol. The number of fused-ring (bicyclic) bond motifs is 1. The zero-order valence-corrected chi connectivity index (χ0v) is 12.1. The third-order valence-corrected chi connectivity index (χ3v) is 4.00. The van der Waals surface area contributed by atoms with E-state index in [1.54, 1.807) is 0 Å². The molecule has 3 rings (SSSR count). The Kier molecular flexibility index (Phi) is 4.21. The predicted molar refractivity (Wildman–Crippen MR) is 82.4 cm³/mol. The van der Waals surface area contributed by atoms with E-state index in [0.29, 0.717) is 5.92 Å². The van der Waals surface area contributed by atoms with Gasteiger partial charge in [-0.2, -0.15) is 0 Å². The second kappa shape index (κ2) is 6.27. The molecular formula is C16H23N3O. The summed E-state index contributed by atoms with van der Waals surface area (Å²) in [6, 6.07) is 8.62. The average Bonchev–Trinajstić information content (AvgIpc) is 3.13. The molecule has 1 N–H and O–H groups in total. The van der Waals surface area contributed by atoms with E-state index in [2.05, 4.69) is 41.4 Å². The molecule has 1 saturated heterocycles. The van der Waals surface area contributed by atoms with E-state index in [1.807, 2.05) is 0 Å². The number of guanidine groups is 1. The lowest BCUT2D eigenvalue weighted by Gasteiger charge is -2.22. The average molecular weight is 273 g/mol. The number of hydrogen-bond acceptors (Lipinski definition) is 2. The molecule has 1 aromatic rings. The number of benzene rings is 1. The first-order valence-electron chi connectivity index (χ1n) is 7.60. The van der Waals surface area contributed by atoms with Gasteiger partial charge in [-0.05, 0) is 31.4 Å². The van der Waals surface area contributed by atoms with E-state index in [4.69, 9.17) is 9.73 Å². The summed E-state index contributed by atoms with van der Waals surface area (Å²) in [7, 11) is 0. The summed E-state index contributed by atoms with van der Waals surface area (Å²) >= 11 is 0. The van der Waals surface area contributed by atoms with Crippen LogP contribution < -0.4 is 10.2 Å². The molecule has 2 aliphatic heterocycles. The van der Waals surface area contributed by atoms with Gasteiger partial charge < -0.3 is 15.0 Å². The van der Waals surface area contributed by atoms with Crippen LogP contribution in [-0.2, 0) is 11.2 Å². The van der Waals surface area contributed by atoms with Gasteiger partial charge in [0.1, 0.15) is 0 Å². The molecule has 0 aliphatic carbocycles. The highest BCUT2D eigenvalue weighted by molar-refractivity contribution is 5.97. The van der Waals surface area contributed by atoms with Crippen molar-refractivity contribution in [3.05, 3.63) is 29.8 Å². The van der Waals surface area contributed by atoms with Crippen LogP contribution in [0.4, 0.5) is 5.69 Å². The minimum Gasteiger partial charge on any atom is -0.381 e. The summed E-state index contributed by atoms with van der Waals surface area (Å²) in [4.78, 5) is 7.14. The van der Waals surface area contributed by atoms with Crippen LogP contribution in [0.1, 0.15) is 18.9 Å². The summed E-state index contributed by atoms with van der Waals surface area (Å²) in [5.74, 6) is 1.60. The van der Waals surface area contributed by atoms with Crippen molar-refractivity contribution in [3.8, 4) is 0 Å². The molecule has 0 radical (unpaired) electrons. The topological polar surface area (TPSA) is 36.9 Å². The van der Waals surface area contributed by atoms with Crippen LogP contribution in [0.25, 0.3) is 0 Å². The van der Waals surface area contributed by atoms with Gasteiger partial charge in [0, 0.05) is 37.8 Å². The summed E-state index contributed by atoms with van der Waals surface area (Å²) in [5.41, 5.74) is 2.72. The van der Waals surface area contributed by atoms with Gasteiger partial charge in [-0.15, -0.1) is 0 Å². The normalized spacial score (nSPS) is 22.1. The van der Waals surface area contributed by atoms with Gasteiger partial charge in [-0.25, -0.2) is 0 Å². The van der Waals surface area contributed by atoms with Crippen LogP contribution in [0.5, 0.6) is 0 Å². The van der Waals surface area contributed by atoms with Crippen molar-refractivity contribution in [1.82, 2.24) is 5.32 Å². The second-order valence-corrected chi connectivity index (χ2v) is 5.45. The van der Waals surface area contributed by atoms with E-state index in [-0.39, 0.29) is 0 Å². The maximum atomic E-state index is 5.43. The first-order chi connectivity index (χ1) is 9.88. The monoisotopic (exact) mass is 273 g/mol. The van der Waals surface area contributed by atoms with Crippen molar-refractivity contribution in [1.29, 1.82) is 0 Å². The van der Waals surface area contributed by atoms with Crippen molar-refractivity contribution in [2.45, 2.75) is 19.8 Å². The zero-order chi connectivity index (χ0) is 13.8. The third-order valence-electron chi connectivity index (χ3n) is 4.00. The van der Waals surface area contributed by atoms with Gasteiger partial charge in [0.15, 0.2) is 5.96 Å². The van der Waals surface area contributed by atoms with Crippen LogP contribution in [-0.4, -0.2) is 38.8 Å². The van der Waals surface area contributed by atoms with Crippen molar-refractivity contribution < 1.29 is 4.74 Å². The summed E-state index contributed by atoms with van der Waals surface area (Å²) in [6.07, 6.45) is 2.24. The maximum absolute atomic E-state index is 5.43. The van der Waals surface area contributed by atoms with Gasteiger partial charge in [-0.3, -0.25) is 4.99 Å². The third kappa shape index (κ3) is 2.80. The number of para-hydroxylation sites is 1. The summed E-state index contributed by atoms with van der Waals surface area (Å²) < 4.78 is 5.43. The van der Waals surface area contributed by atoms with Crippen LogP contribution in [0, 0.1) is 5.92 Å². The van der Waals surface area contributed by atoms with E-state index >= 15 is 0 Å². The highest BCUT2D eigenvalue weighted by Crippen LogP contribution is 2.27. The lowest BCUT2D eigenvalue weighted by atomic mass is 10.1.